The summed E-state index contributed by atoms with van der Waals surface area (Å²) in [5.74, 6) is 0.525. The molecule has 1 aromatic heterocycles. The largest absolute Gasteiger partial charge is 0.274 e. The number of tetrazole rings is 1. The molecule has 0 atom stereocenters. The normalized spacial score (nSPS) is 10.6. The van der Waals surface area contributed by atoms with Crippen LogP contribution in [0.4, 0.5) is 5.69 Å². The molecular formula is C9H7BrClN5O2. The van der Waals surface area contributed by atoms with E-state index in [2.05, 4.69) is 31.5 Å². The van der Waals surface area contributed by atoms with Gasteiger partial charge in [0.15, 0.2) is 5.82 Å². The van der Waals surface area contributed by atoms with Crippen molar-refractivity contribution < 1.29 is 4.92 Å². The Balaban J connectivity index is 2.64. The van der Waals surface area contributed by atoms with Crippen LogP contribution in [0.25, 0.3) is 5.69 Å². The first-order valence-electron chi connectivity index (χ1n) is 4.82. The lowest BCUT2D eigenvalue weighted by Crippen LogP contribution is -2.04. The van der Waals surface area contributed by atoms with E-state index in [1.54, 1.807) is 13.0 Å². The highest BCUT2D eigenvalue weighted by molar-refractivity contribution is 9.10. The van der Waals surface area contributed by atoms with Crippen molar-refractivity contribution in [1.82, 2.24) is 20.2 Å². The molecule has 0 N–H and O–H groups in total. The Kier molecular flexibility index (Phi) is 3.58. The molecule has 2 aromatic rings. The minimum atomic E-state index is -0.448. The molecule has 0 unspecified atom stereocenters. The summed E-state index contributed by atoms with van der Waals surface area (Å²) in [5.41, 5.74) is 1.04. The van der Waals surface area contributed by atoms with Crippen molar-refractivity contribution in [2.24, 2.45) is 0 Å². The number of hydrogen-bond acceptors (Lipinski definition) is 5. The fourth-order valence-electron chi connectivity index (χ4n) is 1.49. The third-order valence-corrected chi connectivity index (χ3v) is 3.22. The molecule has 2 rings (SSSR count). The summed E-state index contributed by atoms with van der Waals surface area (Å²) in [6.07, 6.45) is 0. The zero-order chi connectivity index (χ0) is 13.3. The zero-order valence-electron chi connectivity index (χ0n) is 9.17. The van der Waals surface area contributed by atoms with E-state index in [0.717, 1.165) is 0 Å². The number of nitro groups is 1. The van der Waals surface area contributed by atoms with Gasteiger partial charge < -0.3 is 0 Å². The number of aromatic nitrogens is 4. The summed E-state index contributed by atoms with van der Waals surface area (Å²) >= 11 is 9.03. The van der Waals surface area contributed by atoms with Crippen molar-refractivity contribution in [3.05, 3.63) is 38.1 Å². The molecule has 94 valence electrons. The molecule has 0 amide bonds. The topological polar surface area (TPSA) is 86.7 Å². The van der Waals surface area contributed by atoms with E-state index in [1.807, 2.05) is 0 Å². The minimum Gasteiger partial charge on any atom is -0.258 e. The zero-order valence-corrected chi connectivity index (χ0v) is 11.5. The molecule has 0 bridgehead atoms. The van der Waals surface area contributed by atoms with Crippen molar-refractivity contribution in [2.75, 3.05) is 0 Å². The van der Waals surface area contributed by atoms with Gasteiger partial charge in [0.2, 0.25) is 0 Å². The van der Waals surface area contributed by atoms with E-state index < -0.39 is 4.92 Å². The standard InChI is InChI=1S/C9H7BrClN5O2/c1-5-2-6(10)8(3-7(5)16(17)18)15-9(4-11)12-13-14-15/h2-3H,4H2,1H3. The fraction of sp³-hybridized carbons (Fsp3) is 0.222. The quantitative estimate of drug-likeness (QED) is 0.489. The molecule has 0 aliphatic rings. The molecule has 0 saturated carbocycles. The van der Waals surface area contributed by atoms with Gasteiger partial charge in [-0.25, -0.2) is 0 Å². The van der Waals surface area contributed by atoms with Crippen LogP contribution >= 0.6 is 27.5 Å². The van der Waals surface area contributed by atoms with Crippen molar-refractivity contribution in [2.45, 2.75) is 12.8 Å². The predicted octanol–water partition coefficient (Wildman–Crippen LogP) is 2.38. The number of benzene rings is 1. The van der Waals surface area contributed by atoms with Gasteiger partial charge in [0.05, 0.1) is 16.5 Å². The van der Waals surface area contributed by atoms with Crippen molar-refractivity contribution in [3.63, 3.8) is 0 Å². The first-order valence-corrected chi connectivity index (χ1v) is 6.15. The number of hydrogen-bond donors (Lipinski definition) is 0. The molecule has 0 saturated heterocycles. The Labute approximate surface area is 115 Å². The summed E-state index contributed by atoms with van der Waals surface area (Å²) in [6.45, 7) is 1.66. The van der Waals surface area contributed by atoms with Gasteiger partial charge in [-0.3, -0.25) is 10.1 Å². The number of alkyl halides is 1. The molecule has 0 fully saturated rings. The Hall–Kier alpha value is -1.54. The molecule has 0 spiro atoms. The third kappa shape index (κ3) is 2.21. The van der Waals surface area contributed by atoms with Crippen LogP contribution < -0.4 is 0 Å². The highest BCUT2D eigenvalue weighted by Crippen LogP contribution is 2.29. The number of aryl methyl sites for hydroxylation is 1. The lowest BCUT2D eigenvalue weighted by atomic mass is 10.2. The van der Waals surface area contributed by atoms with E-state index >= 15 is 0 Å². The van der Waals surface area contributed by atoms with E-state index in [1.165, 1.54) is 10.7 Å². The SMILES string of the molecule is Cc1cc(Br)c(-n2nnnc2CCl)cc1[N+](=O)[O-]. The lowest BCUT2D eigenvalue weighted by molar-refractivity contribution is -0.385. The summed E-state index contributed by atoms with van der Waals surface area (Å²) in [5, 5.41) is 21.9. The molecular weight excluding hydrogens is 325 g/mol. The maximum atomic E-state index is 10.9. The fourth-order valence-corrected chi connectivity index (χ4v) is 2.28. The first kappa shape index (κ1) is 12.9. The average Bonchev–Trinajstić information content (AvgIpc) is 2.76. The second kappa shape index (κ2) is 4.99. The van der Waals surface area contributed by atoms with Crippen molar-refractivity contribution >= 4 is 33.2 Å². The number of nitro benzene ring substituents is 1. The maximum absolute atomic E-state index is 10.9. The molecule has 18 heavy (non-hydrogen) atoms. The van der Waals surface area contributed by atoms with Crippen LogP contribution in [0, 0.1) is 17.0 Å². The molecule has 0 aliphatic carbocycles. The third-order valence-electron chi connectivity index (χ3n) is 2.34. The highest BCUT2D eigenvalue weighted by atomic mass is 79.9. The van der Waals surface area contributed by atoms with Crippen LogP contribution in [0.15, 0.2) is 16.6 Å². The minimum absolute atomic E-state index is 0.00391. The molecule has 0 aliphatic heterocycles. The van der Waals surface area contributed by atoms with Gasteiger partial charge in [-0.1, -0.05) is 0 Å². The van der Waals surface area contributed by atoms with E-state index in [4.69, 9.17) is 11.6 Å². The van der Waals surface area contributed by atoms with Gasteiger partial charge in [0.1, 0.15) is 0 Å². The second-order valence-corrected chi connectivity index (χ2v) is 4.61. The maximum Gasteiger partial charge on any atom is 0.274 e. The molecule has 0 radical (unpaired) electrons. The summed E-state index contributed by atoms with van der Waals surface area (Å²) in [4.78, 5) is 10.5. The van der Waals surface area contributed by atoms with E-state index in [-0.39, 0.29) is 11.6 Å². The van der Waals surface area contributed by atoms with Crippen molar-refractivity contribution in [3.8, 4) is 5.69 Å². The number of halogens is 2. The van der Waals surface area contributed by atoms with Crippen LogP contribution in [0.3, 0.4) is 0 Å². The molecule has 1 aromatic carbocycles. The number of rotatable bonds is 3. The van der Waals surface area contributed by atoms with E-state index in [0.29, 0.717) is 21.5 Å². The molecule has 9 heteroatoms. The van der Waals surface area contributed by atoms with Crippen LogP contribution in [0.1, 0.15) is 11.4 Å². The predicted molar refractivity (Wildman–Crippen MR) is 67.8 cm³/mol. The smallest absolute Gasteiger partial charge is 0.258 e. The Morgan fingerprint density at radius 3 is 2.89 bits per heavy atom. The summed E-state index contributed by atoms with van der Waals surface area (Å²) in [6, 6.07) is 3.05. The Morgan fingerprint density at radius 1 is 1.56 bits per heavy atom. The Morgan fingerprint density at radius 2 is 2.28 bits per heavy atom. The van der Waals surface area contributed by atoms with Gasteiger partial charge in [0.25, 0.3) is 5.69 Å². The van der Waals surface area contributed by atoms with Gasteiger partial charge in [-0.2, -0.15) is 4.68 Å². The van der Waals surface area contributed by atoms with Gasteiger partial charge in [-0.05, 0) is 39.3 Å². The highest BCUT2D eigenvalue weighted by Gasteiger charge is 2.18. The first-order chi connectivity index (χ1) is 8.54. The van der Waals surface area contributed by atoms with Crippen LogP contribution in [0.5, 0.6) is 0 Å². The second-order valence-electron chi connectivity index (χ2n) is 3.49. The van der Waals surface area contributed by atoms with Gasteiger partial charge in [0, 0.05) is 16.1 Å². The van der Waals surface area contributed by atoms with Crippen LogP contribution in [-0.4, -0.2) is 25.1 Å². The monoisotopic (exact) mass is 331 g/mol. The van der Waals surface area contributed by atoms with Crippen LogP contribution in [0.2, 0.25) is 0 Å². The molecule has 1 heterocycles. The molecule has 7 nitrogen and oxygen atoms in total. The summed E-state index contributed by atoms with van der Waals surface area (Å²) < 4.78 is 2.02. The average molecular weight is 333 g/mol. The van der Waals surface area contributed by atoms with E-state index in [9.17, 15) is 10.1 Å². The summed E-state index contributed by atoms with van der Waals surface area (Å²) in [7, 11) is 0. The Bertz CT molecular complexity index is 615. The van der Waals surface area contributed by atoms with Crippen LogP contribution in [-0.2, 0) is 5.88 Å². The lowest BCUT2D eigenvalue weighted by Gasteiger charge is -2.07. The number of nitrogens with zero attached hydrogens (tertiary/aromatic N) is 5. The van der Waals surface area contributed by atoms with Gasteiger partial charge >= 0.3 is 0 Å². The van der Waals surface area contributed by atoms with Gasteiger partial charge in [-0.15, -0.1) is 16.7 Å². The van der Waals surface area contributed by atoms with Crippen molar-refractivity contribution in [1.29, 1.82) is 0 Å².